The molecule has 0 bridgehead atoms. The monoisotopic (exact) mass is 294 g/mol. The molecule has 0 aromatic rings. The van der Waals surface area contributed by atoms with E-state index >= 15 is 0 Å². The fourth-order valence-electron chi connectivity index (χ4n) is 4.22. The zero-order valence-corrected chi connectivity index (χ0v) is 14.0. The van der Waals surface area contributed by atoms with Crippen LogP contribution in [-0.2, 0) is 0 Å². The lowest BCUT2D eigenvalue weighted by molar-refractivity contribution is 0.242. The van der Waals surface area contributed by atoms with E-state index in [1.54, 1.807) is 0 Å². The lowest BCUT2D eigenvalue weighted by Crippen LogP contribution is -2.47. The molecule has 114 valence electrons. The Kier molecular flexibility index (Phi) is 4.64. The maximum Gasteiger partial charge on any atom is 0.157 e. The quantitative estimate of drug-likeness (QED) is 0.813. The Labute approximate surface area is 128 Å². The van der Waals surface area contributed by atoms with Crippen molar-refractivity contribution in [3.63, 3.8) is 0 Å². The predicted octanol–water partition coefficient (Wildman–Crippen LogP) is 4.45. The van der Waals surface area contributed by atoms with Crippen LogP contribution in [0.5, 0.6) is 0 Å². The van der Waals surface area contributed by atoms with Crippen LogP contribution in [0.3, 0.4) is 0 Å². The van der Waals surface area contributed by atoms with Gasteiger partial charge in [0.25, 0.3) is 0 Å². The van der Waals surface area contributed by atoms with Crippen LogP contribution in [0, 0.1) is 17.8 Å². The van der Waals surface area contributed by atoms with Crippen LogP contribution in [-0.4, -0.2) is 23.0 Å². The number of hydrogen-bond donors (Lipinski definition) is 1. The van der Waals surface area contributed by atoms with Gasteiger partial charge in [-0.1, -0.05) is 51.3 Å². The Morgan fingerprint density at radius 3 is 2.70 bits per heavy atom. The highest BCUT2D eigenvalue weighted by molar-refractivity contribution is 8.14. The van der Waals surface area contributed by atoms with Crippen LogP contribution in [0.15, 0.2) is 4.99 Å². The first-order chi connectivity index (χ1) is 9.65. The van der Waals surface area contributed by atoms with Gasteiger partial charge in [0.15, 0.2) is 5.17 Å². The Balaban J connectivity index is 1.50. The van der Waals surface area contributed by atoms with Gasteiger partial charge in [0.05, 0.1) is 0 Å². The van der Waals surface area contributed by atoms with E-state index in [1.165, 1.54) is 62.3 Å². The summed E-state index contributed by atoms with van der Waals surface area (Å²) in [5.74, 6) is 3.93. The average molecular weight is 295 g/mol. The van der Waals surface area contributed by atoms with E-state index in [9.17, 15) is 0 Å². The van der Waals surface area contributed by atoms with Crippen LogP contribution in [0.25, 0.3) is 0 Å². The highest BCUT2D eigenvalue weighted by Gasteiger charge is 2.40. The molecule has 2 atom stereocenters. The summed E-state index contributed by atoms with van der Waals surface area (Å²) in [7, 11) is 0. The van der Waals surface area contributed by atoms with Crippen LogP contribution in [0.2, 0.25) is 0 Å². The van der Waals surface area contributed by atoms with Gasteiger partial charge < -0.3 is 5.32 Å². The smallest absolute Gasteiger partial charge is 0.157 e. The van der Waals surface area contributed by atoms with Crippen LogP contribution < -0.4 is 5.32 Å². The zero-order valence-electron chi connectivity index (χ0n) is 13.2. The molecule has 3 rings (SSSR count). The first kappa shape index (κ1) is 14.7. The number of nitrogens with one attached hydrogen (secondary N) is 1. The molecule has 1 saturated heterocycles. The number of aliphatic imine (C=N–C) groups is 1. The number of nitrogens with zero attached hydrogens (tertiary/aromatic N) is 1. The molecule has 1 spiro atoms. The van der Waals surface area contributed by atoms with Gasteiger partial charge in [-0.25, -0.2) is 0 Å². The minimum atomic E-state index is 0.391. The van der Waals surface area contributed by atoms with Gasteiger partial charge in [0.1, 0.15) is 0 Å². The summed E-state index contributed by atoms with van der Waals surface area (Å²) in [6.07, 6.45) is 11.1. The number of amidine groups is 1. The molecule has 20 heavy (non-hydrogen) atoms. The zero-order chi connectivity index (χ0) is 14.0. The van der Waals surface area contributed by atoms with E-state index in [0.29, 0.717) is 5.54 Å². The normalized spacial score (nSPS) is 43.9. The van der Waals surface area contributed by atoms with Gasteiger partial charge in [-0.2, -0.15) is 0 Å². The molecule has 3 heteroatoms. The molecule has 0 aromatic heterocycles. The summed E-state index contributed by atoms with van der Waals surface area (Å²) in [5.41, 5.74) is 0.391. The lowest BCUT2D eigenvalue weighted by Gasteiger charge is -2.36. The Morgan fingerprint density at radius 2 is 1.95 bits per heavy atom. The SMILES string of the molecule is CC1CCC(CN=C2NC3(CCCC(C)C3)CS2)CC1. The molecular weight excluding hydrogens is 264 g/mol. The van der Waals surface area contributed by atoms with Gasteiger partial charge in [-0.3, -0.25) is 4.99 Å². The molecule has 0 amide bonds. The molecular formula is C17H30N2S. The molecule has 2 unspecified atom stereocenters. The largest absolute Gasteiger partial charge is 0.359 e. The van der Waals surface area contributed by atoms with E-state index in [0.717, 1.165) is 24.3 Å². The third kappa shape index (κ3) is 3.52. The second-order valence-corrected chi connectivity index (χ2v) is 8.63. The third-order valence-electron chi connectivity index (χ3n) is 5.58. The fourth-order valence-corrected chi connectivity index (χ4v) is 5.42. The van der Waals surface area contributed by atoms with Crippen molar-refractivity contribution >= 4 is 16.9 Å². The molecule has 1 aliphatic heterocycles. The first-order valence-electron chi connectivity index (χ1n) is 8.61. The minimum absolute atomic E-state index is 0.391. The van der Waals surface area contributed by atoms with Crippen molar-refractivity contribution in [2.75, 3.05) is 12.3 Å². The number of hydrogen-bond acceptors (Lipinski definition) is 2. The van der Waals surface area contributed by atoms with Crippen molar-refractivity contribution in [1.82, 2.24) is 5.32 Å². The van der Waals surface area contributed by atoms with E-state index in [-0.39, 0.29) is 0 Å². The van der Waals surface area contributed by atoms with Gasteiger partial charge in [-0.05, 0) is 43.4 Å². The second kappa shape index (κ2) is 6.29. The van der Waals surface area contributed by atoms with E-state index in [4.69, 9.17) is 4.99 Å². The molecule has 3 fully saturated rings. The summed E-state index contributed by atoms with van der Waals surface area (Å²) in [4.78, 5) is 4.92. The standard InChI is InChI=1S/C17H30N2S/c1-13-5-7-15(8-6-13)11-18-16-19-17(12-20-16)9-3-4-14(2)10-17/h13-15H,3-12H2,1-2H3,(H,18,19). The number of rotatable bonds is 2. The molecule has 0 aromatic carbocycles. The highest BCUT2D eigenvalue weighted by Crippen LogP contribution is 2.39. The topological polar surface area (TPSA) is 24.4 Å². The molecule has 1 N–H and O–H groups in total. The van der Waals surface area contributed by atoms with E-state index in [1.807, 2.05) is 11.8 Å². The minimum Gasteiger partial charge on any atom is -0.359 e. The summed E-state index contributed by atoms with van der Waals surface area (Å²) in [5, 5.41) is 5.05. The molecule has 0 radical (unpaired) electrons. The highest BCUT2D eigenvalue weighted by atomic mass is 32.2. The van der Waals surface area contributed by atoms with Crippen LogP contribution >= 0.6 is 11.8 Å². The van der Waals surface area contributed by atoms with Crippen molar-refractivity contribution in [1.29, 1.82) is 0 Å². The third-order valence-corrected chi connectivity index (χ3v) is 6.78. The molecule has 2 saturated carbocycles. The maximum absolute atomic E-state index is 4.92. The second-order valence-electron chi connectivity index (χ2n) is 7.67. The number of thioether (sulfide) groups is 1. The predicted molar refractivity (Wildman–Crippen MR) is 89.4 cm³/mol. The lowest BCUT2D eigenvalue weighted by atomic mass is 9.78. The van der Waals surface area contributed by atoms with Crippen molar-refractivity contribution < 1.29 is 0 Å². The summed E-state index contributed by atoms with van der Waals surface area (Å²) in [6, 6.07) is 0. The van der Waals surface area contributed by atoms with Crippen molar-refractivity contribution in [2.45, 2.75) is 70.8 Å². The Hall–Kier alpha value is -0.180. The molecule has 1 heterocycles. The first-order valence-corrected chi connectivity index (χ1v) is 9.59. The van der Waals surface area contributed by atoms with Crippen LogP contribution in [0.1, 0.15) is 65.2 Å². The van der Waals surface area contributed by atoms with Gasteiger partial charge in [0, 0.05) is 17.8 Å². The van der Waals surface area contributed by atoms with Crippen LogP contribution in [0.4, 0.5) is 0 Å². The summed E-state index contributed by atoms with van der Waals surface area (Å²) in [6.45, 7) is 5.86. The van der Waals surface area contributed by atoms with Crippen molar-refractivity contribution in [2.24, 2.45) is 22.7 Å². The van der Waals surface area contributed by atoms with Gasteiger partial charge >= 0.3 is 0 Å². The fraction of sp³-hybridized carbons (Fsp3) is 0.941. The summed E-state index contributed by atoms with van der Waals surface area (Å²) >= 11 is 1.98. The molecule has 2 nitrogen and oxygen atoms in total. The van der Waals surface area contributed by atoms with Gasteiger partial charge in [-0.15, -0.1) is 0 Å². The Morgan fingerprint density at radius 1 is 1.15 bits per heavy atom. The van der Waals surface area contributed by atoms with E-state index < -0.39 is 0 Å². The maximum atomic E-state index is 4.92. The average Bonchev–Trinajstić information content (AvgIpc) is 2.81. The van der Waals surface area contributed by atoms with Gasteiger partial charge in [0.2, 0.25) is 0 Å². The Bertz CT molecular complexity index is 360. The molecule has 3 aliphatic rings. The summed E-state index contributed by atoms with van der Waals surface area (Å²) < 4.78 is 0. The molecule has 2 aliphatic carbocycles. The van der Waals surface area contributed by atoms with Crippen molar-refractivity contribution in [3.05, 3.63) is 0 Å². The van der Waals surface area contributed by atoms with Crippen molar-refractivity contribution in [3.8, 4) is 0 Å². The van der Waals surface area contributed by atoms with E-state index in [2.05, 4.69) is 19.2 Å².